The molecule has 0 aliphatic heterocycles. The van der Waals surface area contributed by atoms with Crippen LogP contribution in [0.1, 0.15) is 25.9 Å². The Labute approximate surface area is 186 Å². The average molecular weight is 461 g/mol. The van der Waals surface area contributed by atoms with Crippen molar-refractivity contribution in [2.24, 2.45) is 0 Å². The molecule has 0 spiro atoms. The smallest absolute Gasteiger partial charge is 0.256 e. The van der Waals surface area contributed by atoms with Gasteiger partial charge in [-0.05, 0) is 56.7 Å². The summed E-state index contributed by atoms with van der Waals surface area (Å²) in [6.07, 6.45) is 0.711. The van der Waals surface area contributed by atoms with Gasteiger partial charge in [-0.1, -0.05) is 11.6 Å². The molecule has 1 aromatic carbocycles. The highest BCUT2D eigenvalue weighted by Gasteiger charge is 2.21. The molecule has 0 saturated heterocycles. The summed E-state index contributed by atoms with van der Waals surface area (Å²) in [5.74, 6) is -0.629. The normalized spacial score (nSPS) is 11.1. The zero-order chi connectivity index (χ0) is 21.3. The van der Waals surface area contributed by atoms with Crippen LogP contribution in [-0.2, 0) is 6.42 Å². The summed E-state index contributed by atoms with van der Waals surface area (Å²) < 4.78 is 14.6. The Balaban J connectivity index is 1.41. The van der Waals surface area contributed by atoms with Crippen molar-refractivity contribution in [2.45, 2.75) is 20.3 Å². The maximum absolute atomic E-state index is 13.2. The zero-order valence-corrected chi connectivity index (χ0v) is 18.7. The van der Waals surface area contributed by atoms with E-state index < -0.39 is 0 Å². The van der Waals surface area contributed by atoms with Gasteiger partial charge >= 0.3 is 0 Å². The summed E-state index contributed by atoms with van der Waals surface area (Å²) in [6, 6.07) is 9.89. The van der Waals surface area contributed by atoms with Crippen molar-refractivity contribution >= 4 is 40.2 Å². The molecule has 3 heterocycles. The molecule has 30 heavy (non-hydrogen) atoms. The van der Waals surface area contributed by atoms with E-state index in [0.717, 1.165) is 15.6 Å². The lowest BCUT2D eigenvalue weighted by atomic mass is 10.2. The van der Waals surface area contributed by atoms with Gasteiger partial charge in [-0.25, -0.2) is 14.1 Å². The van der Waals surface area contributed by atoms with Gasteiger partial charge in [0.05, 0.1) is 32.5 Å². The van der Waals surface area contributed by atoms with Crippen LogP contribution in [0, 0.1) is 19.7 Å². The van der Waals surface area contributed by atoms with Gasteiger partial charge in [0.2, 0.25) is 0 Å². The Hall–Kier alpha value is -2.55. The average Bonchev–Trinajstić information content (AvgIpc) is 3.42. The minimum absolute atomic E-state index is 0.203. The highest BCUT2D eigenvalue weighted by Crippen LogP contribution is 2.29. The van der Waals surface area contributed by atoms with Crippen molar-refractivity contribution in [3.8, 4) is 16.3 Å². The van der Waals surface area contributed by atoms with Gasteiger partial charge in [-0.2, -0.15) is 5.10 Å². The minimum atomic E-state index is -0.349. The second-order valence-corrected chi connectivity index (χ2v) is 9.25. The fourth-order valence-electron chi connectivity index (χ4n) is 3.02. The number of nitrogens with zero attached hydrogens (tertiary/aromatic N) is 3. The molecular formula is C21H18ClFN4OS2. The number of thiophene rings is 1. The first-order valence-corrected chi connectivity index (χ1v) is 11.3. The van der Waals surface area contributed by atoms with Crippen LogP contribution in [0.4, 0.5) is 4.39 Å². The maximum atomic E-state index is 13.2. The second kappa shape index (κ2) is 8.67. The highest BCUT2D eigenvalue weighted by molar-refractivity contribution is 7.16. The van der Waals surface area contributed by atoms with E-state index in [0.29, 0.717) is 29.9 Å². The van der Waals surface area contributed by atoms with E-state index >= 15 is 0 Å². The fraction of sp³-hybridized carbons (Fsp3) is 0.190. The van der Waals surface area contributed by atoms with Crippen LogP contribution in [0.25, 0.3) is 16.3 Å². The quantitative estimate of drug-likeness (QED) is 0.417. The number of halogens is 2. The van der Waals surface area contributed by atoms with Crippen LogP contribution in [0.15, 0.2) is 41.8 Å². The number of aryl methyl sites for hydroxylation is 2. The van der Waals surface area contributed by atoms with Gasteiger partial charge in [0.1, 0.15) is 11.0 Å². The van der Waals surface area contributed by atoms with Crippen molar-refractivity contribution in [1.82, 2.24) is 20.1 Å². The lowest BCUT2D eigenvalue weighted by molar-refractivity contribution is 0.0953. The van der Waals surface area contributed by atoms with Crippen molar-refractivity contribution in [2.75, 3.05) is 6.54 Å². The first-order valence-electron chi connectivity index (χ1n) is 9.23. The van der Waals surface area contributed by atoms with E-state index in [1.165, 1.54) is 21.7 Å². The predicted molar refractivity (Wildman–Crippen MR) is 119 cm³/mol. The van der Waals surface area contributed by atoms with Gasteiger partial charge in [0.25, 0.3) is 5.91 Å². The minimum Gasteiger partial charge on any atom is -0.352 e. The Morgan fingerprint density at radius 3 is 2.67 bits per heavy atom. The molecule has 0 bridgehead atoms. The molecule has 1 N–H and O–H groups in total. The van der Waals surface area contributed by atoms with E-state index in [2.05, 4.69) is 32.9 Å². The molecule has 4 aromatic rings. The number of nitrogens with one attached hydrogen (secondary N) is 1. The Morgan fingerprint density at radius 1 is 1.20 bits per heavy atom. The van der Waals surface area contributed by atoms with E-state index in [-0.39, 0.29) is 16.9 Å². The molecule has 0 fully saturated rings. The third-order valence-electron chi connectivity index (χ3n) is 4.49. The zero-order valence-electron chi connectivity index (χ0n) is 16.3. The number of amides is 1. The van der Waals surface area contributed by atoms with Crippen LogP contribution >= 0.6 is 34.3 Å². The summed E-state index contributed by atoms with van der Waals surface area (Å²) >= 11 is 9.72. The molecule has 0 unspecified atom stereocenters. The summed E-state index contributed by atoms with van der Waals surface area (Å²) in [5, 5.41) is 10.5. The first kappa shape index (κ1) is 20.7. The van der Waals surface area contributed by atoms with Crippen molar-refractivity contribution < 1.29 is 9.18 Å². The fourth-order valence-corrected chi connectivity index (χ4v) is 5.04. The summed E-state index contributed by atoms with van der Waals surface area (Å²) in [4.78, 5) is 19.5. The number of aromatic nitrogens is 3. The molecule has 0 aliphatic rings. The van der Waals surface area contributed by atoms with Gasteiger partial charge < -0.3 is 5.32 Å². The number of hydrogen-bond acceptors (Lipinski definition) is 5. The molecule has 1 amide bonds. The Bertz CT molecular complexity index is 1200. The van der Waals surface area contributed by atoms with Crippen LogP contribution in [0.5, 0.6) is 0 Å². The van der Waals surface area contributed by atoms with Crippen molar-refractivity contribution in [1.29, 1.82) is 0 Å². The van der Waals surface area contributed by atoms with Crippen molar-refractivity contribution in [3.63, 3.8) is 0 Å². The second-order valence-electron chi connectivity index (χ2n) is 6.66. The highest BCUT2D eigenvalue weighted by atomic mass is 35.5. The van der Waals surface area contributed by atoms with Crippen LogP contribution in [0.2, 0.25) is 5.15 Å². The van der Waals surface area contributed by atoms with E-state index in [1.807, 2.05) is 6.92 Å². The molecule has 3 aromatic heterocycles. The van der Waals surface area contributed by atoms with Crippen LogP contribution in [0.3, 0.4) is 0 Å². The maximum Gasteiger partial charge on any atom is 0.256 e. The molecule has 154 valence electrons. The molecule has 5 nitrogen and oxygen atoms in total. The van der Waals surface area contributed by atoms with Gasteiger partial charge in [-0.15, -0.1) is 22.7 Å². The third kappa shape index (κ3) is 4.30. The van der Waals surface area contributed by atoms with E-state index in [9.17, 15) is 9.18 Å². The summed E-state index contributed by atoms with van der Waals surface area (Å²) in [5.41, 5.74) is 2.42. The topological polar surface area (TPSA) is 59.8 Å². The molecule has 0 saturated carbocycles. The third-order valence-corrected chi connectivity index (χ3v) is 6.78. The molecule has 9 heteroatoms. The largest absolute Gasteiger partial charge is 0.352 e. The first-order chi connectivity index (χ1) is 14.4. The standard InChI is InChI=1S/C21H18ClFN4OS2/c1-12-19(20(22)27(26-12)15-5-3-14(23)4-6-15)21(28)24-10-9-16-7-8-18(30-16)17-11-29-13(2)25-17/h3-8,11H,9-10H2,1-2H3,(H,24,28). The predicted octanol–water partition coefficient (Wildman–Crippen LogP) is 5.44. The number of benzene rings is 1. The van der Waals surface area contributed by atoms with Crippen LogP contribution < -0.4 is 5.32 Å². The lowest BCUT2D eigenvalue weighted by Gasteiger charge is -2.05. The summed E-state index contributed by atoms with van der Waals surface area (Å²) in [7, 11) is 0. The summed E-state index contributed by atoms with van der Waals surface area (Å²) in [6.45, 7) is 4.19. The lowest BCUT2D eigenvalue weighted by Crippen LogP contribution is -2.26. The van der Waals surface area contributed by atoms with Gasteiger partial charge in [-0.3, -0.25) is 4.79 Å². The number of thiazole rings is 1. The van der Waals surface area contributed by atoms with Gasteiger partial charge in [0.15, 0.2) is 0 Å². The number of hydrogen-bond donors (Lipinski definition) is 1. The molecule has 0 aliphatic carbocycles. The number of rotatable bonds is 6. The van der Waals surface area contributed by atoms with Crippen molar-refractivity contribution in [3.05, 3.63) is 73.9 Å². The van der Waals surface area contributed by atoms with E-state index in [1.54, 1.807) is 41.7 Å². The van der Waals surface area contributed by atoms with Gasteiger partial charge in [0, 0.05) is 16.8 Å². The van der Waals surface area contributed by atoms with Crippen LogP contribution in [-0.4, -0.2) is 27.2 Å². The Morgan fingerprint density at radius 2 is 1.97 bits per heavy atom. The molecule has 4 rings (SSSR count). The number of carbonyl (C=O) groups excluding carboxylic acids is 1. The van der Waals surface area contributed by atoms with E-state index in [4.69, 9.17) is 11.6 Å². The molecule has 0 radical (unpaired) electrons. The molecular weight excluding hydrogens is 443 g/mol. The Kier molecular flexibility index (Phi) is 5.99. The number of carbonyl (C=O) groups is 1. The monoisotopic (exact) mass is 460 g/mol. The SMILES string of the molecule is Cc1nc(-c2ccc(CCNC(=O)c3c(C)nn(-c4ccc(F)cc4)c3Cl)s2)cs1. The molecule has 0 atom stereocenters.